The van der Waals surface area contributed by atoms with Crippen LogP contribution in [0.25, 0.3) is 0 Å². The number of halogens is 2. The van der Waals surface area contributed by atoms with Crippen LogP contribution in [0.3, 0.4) is 0 Å². The van der Waals surface area contributed by atoms with Crippen LogP contribution in [0.5, 0.6) is 0 Å². The highest BCUT2D eigenvalue weighted by molar-refractivity contribution is 6.39. The lowest BCUT2D eigenvalue weighted by Crippen LogP contribution is -2.48. The van der Waals surface area contributed by atoms with E-state index in [1.807, 2.05) is 32.9 Å². The molecule has 2 bridgehead atoms. The topological polar surface area (TPSA) is 102 Å². The quantitative estimate of drug-likeness (QED) is 0.762. The first-order chi connectivity index (χ1) is 13.6. The molecule has 0 aliphatic heterocycles. The zero-order valence-electron chi connectivity index (χ0n) is 16.1. The van der Waals surface area contributed by atoms with Gasteiger partial charge in [-0.1, -0.05) is 50.0 Å². The number of nitrogens with zero attached hydrogens (tertiary/aromatic N) is 4. The van der Waals surface area contributed by atoms with Gasteiger partial charge in [-0.05, 0) is 30.4 Å². The van der Waals surface area contributed by atoms with Gasteiger partial charge >= 0.3 is 0 Å². The highest BCUT2D eigenvalue weighted by Crippen LogP contribution is 2.70. The summed E-state index contributed by atoms with van der Waals surface area (Å²) >= 11 is 12.5. The Labute approximate surface area is 178 Å². The standard InChI is InChI=1S/C21H17Cl2N5O/c1-19(2)20(3)7-8-21(19,17-16(20)26-13(9-24)14(10-25)27-17)18(29)28-15-11(22)5-4-6-12(15)23/h4-6H,7-8H2,1-3H3,(H,28,29). The predicted octanol–water partition coefficient (Wildman–Crippen LogP) is 4.49. The summed E-state index contributed by atoms with van der Waals surface area (Å²) in [4.78, 5) is 22.7. The molecule has 2 aromatic rings. The molecule has 2 aliphatic rings. The van der Waals surface area contributed by atoms with Crippen LogP contribution in [0.2, 0.25) is 10.0 Å². The first-order valence-corrected chi connectivity index (χ1v) is 9.88. The number of aromatic nitrogens is 2. The van der Waals surface area contributed by atoms with Crippen molar-refractivity contribution in [2.45, 2.75) is 44.4 Å². The van der Waals surface area contributed by atoms with Crippen LogP contribution < -0.4 is 5.32 Å². The van der Waals surface area contributed by atoms with Gasteiger partial charge in [0.15, 0.2) is 11.4 Å². The lowest BCUT2D eigenvalue weighted by molar-refractivity contribution is -0.125. The van der Waals surface area contributed by atoms with Crippen LogP contribution in [-0.2, 0) is 15.6 Å². The highest BCUT2D eigenvalue weighted by Gasteiger charge is 2.73. The van der Waals surface area contributed by atoms with E-state index in [1.54, 1.807) is 18.2 Å². The Morgan fingerprint density at radius 2 is 1.59 bits per heavy atom. The van der Waals surface area contributed by atoms with E-state index in [4.69, 9.17) is 23.2 Å². The molecule has 0 spiro atoms. The van der Waals surface area contributed by atoms with Gasteiger partial charge in [-0.25, -0.2) is 9.97 Å². The number of para-hydroxylation sites is 1. The number of hydrogen-bond acceptors (Lipinski definition) is 5. The molecule has 1 heterocycles. The molecule has 1 N–H and O–H groups in total. The number of carbonyl (C=O) groups excluding carboxylic acids is 1. The summed E-state index contributed by atoms with van der Waals surface area (Å²) in [5.74, 6) is -0.289. The number of amides is 1. The summed E-state index contributed by atoms with van der Waals surface area (Å²) in [5, 5.41) is 22.4. The van der Waals surface area contributed by atoms with Crippen molar-refractivity contribution in [1.82, 2.24) is 9.97 Å². The molecule has 2 atom stereocenters. The third-order valence-electron chi connectivity index (χ3n) is 7.07. The van der Waals surface area contributed by atoms with Gasteiger partial charge in [-0.2, -0.15) is 10.5 Å². The van der Waals surface area contributed by atoms with Crippen molar-refractivity contribution in [3.05, 3.63) is 51.0 Å². The lowest BCUT2D eigenvalue weighted by atomic mass is 9.63. The van der Waals surface area contributed by atoms with Crippen LogP contribution >= 0.6 is 23.2 Å². The molecule has 2 aliphatic carbocycles. The molecule has 2 unspecified atom stereocenters. The van der Waals surface area contributed by atoms with Crippen molar-refractivity contribution >= 4 is 34.8 Å². The summed E-state index contributed by atoms with van der Waals surface area (Å²) in [6, 6.07) is 8.88. The van der Waals surface area contributed by atoms with Gasteiger partial charge in [-0.15, -0.1) is 0 Å². The molecule has 0 radical (unpaired) electrons. The molecule has 1 amide bonds. The molecule has 1 fully saturated rings. The van der Waals surface area contributed by atoms with Crippen LogP contribution in [0, 0.1) is 28.1 Å². The van der Waals surface area contributed by atoms with Gasteiger partial charge in [0.2, 0.25) is 5.91 Å². The zero-order valence-corrected chi connectivity index (χ0v) is 17.6. The zero-order chi connectivity index (χ0) is 21.2. The largest absolute Gasteiger partial charge is 0.323 e. The highest BCUT2D eigenvalue weighted by atomic mass is 35.5. The maximum Gasteiger partial charge on any atom is 0.237 e. The second kappa shape index (κ2) is 6.16. The van der Waals surface area contributed by atoms with Gasteiger partial charge in [0.1, 0.15) is 12.1 Å². The number of nitriles is 2. The molecular formula is C21H17Cl2N5O. The van der Waals surface area contributed by atoms with E-state index in [0.717, 1.165) is 0 Å². The molecule has 146 valence electrons. The number of carbonyl (C=O) groups is 1. The van der Waals surface area contributed by atoms with E-state index in [-0.39, 0.29) is 17.3 Å². The average molecular weight is 426 g/mol. The minimum absolute atomic E-state index is 0.0134. The van der Waals surface area contributed by atoms with Crippen molar-refractivity contribution in [1.29, 1.82) is 10.5 Å². The predicted molar refractivity (Wildman–Crippen MR) is 109 cm³/mol. The maximum atomic E-state index is 13.7. The number of nitrogens with one attached hydrogen (secondary N) is 1. The van der Waals surface area contributed by atoms with Gasteiger partial charge in [0, 0.05) is 5.41 Å². The minimum Gasteiger partial charge on any atom is -0.323 e. The molecule has 0 saturated heterocycles. The Kier molecular flexibility index (Phi) is 4.17. The van der Waals surface area contributed by atoms with Gasteiger partial charge in [0.25, 0.3) is 0 Å². The Hall–Kier alpha value is -2.67. The van der Waals surface area contributed by atoms with E-state index in [9.17, 15) is 15.3 Å². The minimum atomic E-state index is -1.02. The average Bonchev–Trinajstić information content (AvgIpc) is 2.99. The first kappa shape index (κ1) is 19.6. The Balaban J connectivity index is 1.93. The SMILES string of the molecule is CC12CCC(C(=O)Nc3c(Cl)cccc3Cl)(c3nc(C#N)c(C#N)nc31)C2(C)C. The van der Waals surface area contributed by atoms with Crippen LogP contribution in [-0.4, -0.2) is 15.9 Å². The molecular weight excluding hydrogens is 409 g/mol. The van der Waals surface area contributed by atoms with Crippen molar-refractivity contribution in [2.24, 2.45) is 5.41 Å². The summed E-state index contributed by atoms with van der Waals surface area (Å²) in [7, 11) is 0. The molecule has 1 aromatic carbocycles. The summed E-state index contributed by atoms with van der Waals surface area (Å²) < 4.78 is 0. The third kappa shape index (κ3) is 2.25. The lowest BCUT2D eigenvalue weighted by Gasteiger charge is -2.39. The van der Waals surface area contributed by atoms with E-state index in [0.29, 0.717) is 40.0 Å². The Morgan fingerprint density at radius 3 is 2.14 bits per heavy atom. The van der Waals surface area contributed by atoms with Crippen LogP contribution in [0.1, 0.15) is 56.4 Å². The fourth-order valence-corrected chi connectivity index (χ4v) is 5.47. The number of fused-ring (bicyclic) bond motifs is 5. The smallest absolute Gasteiger partial charge is 0.237 e. The Morgan fingerprint density at radius 1 is 1.03 bits per heavy atom. The van der Waals surface area contributed by atoms with Crippen LogP contribution in [0.4, 0.5) is 5.69 Å². The molecule has 29 heavy (non-hydrogen) atoms. The molecule has 1 saturated carbocycles. The van der Waals surface area contributed by atoms with E-state index < -0.39 is 16.2 Å². The summed E-state index contributed by atoms with van der Waals surface area (Å²) in [6.07, 6.45) is 1.25. The van der Waals surface area contributed by atoms with Crippen molar-refractivity contribution < 1.29 is 4.79 Å². The van der Waals surface area contributed by atoms with Gasteiger partial charge in [0.05, 0.1) is 32.5 Å². The second-order valence-electron chi connectivity index (χ2n) is 8.25. The van der Waals surface area contributed by atoms with E-state index in [1.165, 1.54) is 0 Å². The first-order valence-electron chi connectivity index (χ1n) is 9.12. The third-order valence-corrected chi connectivity index (χ3v) is 7.70. The van der Waals surface area contributed by atoms with Gasteiger partial charge in [-0.3, -0.25) is 4.79 Å². The van der Waals surface area contributed by atoms with Crippen LogP contribution in [0.15, 0.2) is 18.2 Å². The van der Waals surface area contributed by atoms with Crippen molar-refractivity contribution in [3.8, 4) is 12.1 Å². The van der Waals surface area contributed by atoms with Crippen molar-refractivity contribution in [2.75, 3.05) is 5.32 Å². The molecule has 1 aromatic heterocycles. The van der Waals surface area contributed by atoms with Crippen molar-refractivity contribution in [3.63, 3.8) is 0 Å². The maximum absolute atomic E-state index is 13.7. The monoisotopic (exact) mass is 425 g/mol. The summed E-state index contributed by atoms with van der Waals surface area (Å²) in [5.41, 5.74) is -0.696. The van der Waals surface area contributed by atoms with E-state index >= 15 is 0 Å². The normalized spacial score (nSPS) is 25.8. The molecule has 6 nitrogen and oxygen atoms in total. The molecule has 8 heteroatoms. The fraction of sp³-hybridized carbons (Fsp3) is 0.381. The van der Waals surface area contributed by atoms with E-state index in [2.05, 4.69) is 15.3 Å². The molecule has 4 rings (SSSR count). The number of rotatable bonds is 2. The van der Waals surface area contributed by atoms with Gasteiger partial charge < -0.3 is 5.32 Å². The number of benzene rings is 1. The summed E-state index contributed by atoms with van der Waals surface area (Å²) in [6.45, 7) is 6.06. The number of anilines is 1. The Bertz CT molecular complexity index is 1140. The second-order valence-corrected chi connectivity index (χ2v) is 9.07. The number of hydrogen-bond donors (Lipinski definition) is 1. The fourth-order valence-electron chi connectivity index (χ4n) is 4.98.